The Bertz CT molecular complexity index is 715. The van der Waals surface area contributed by atoms with Gasteiger partial charge in [0.2, 0.25) is 5.91 Å². The van der Waals surface area contributed by atoms with E-state index >= 15 is 0 Å². The topological polar surface area (TPSA) is 46.6 Å². The third-order valence-electron chi connectivity index (χ3n) is 5.76. The number of imide groups is 1. The number of hydrogen-bond donors (Lipinski definition) is 0. The number of carbonyl (C=O) groups is 2. The molecule has 1 aromatic carbocycles. The summed E-state index contributed by atoms with van der Waals surface area (Å²) in [6.07, 6.45) is 12.4. The largest absolute Gasteiger partial charge is 0.446 e. The van der Waals surface area contributed by atoms with Crippen molar-refractivity contribution >= 4 is 12.0 Å². The molecule has 4 nitrogen and oxygen atoms in total. The number of amides is 2. The van der Waals surface area contributed by atoms with E-state index in [0.29, 0.717) is 5.92 Å². The predicted octanol–water partition coefficient (Wildman–Crippen LogP) is 5.80. The molecule has 150 valence electrons. The predicted molar refractivity (Wildman–Crippen MR) is 110 cm³/mol. The molecule has 2 fully saturated rings. The first-order chi connectivity index (χ1) is 13.7. The lowest BCUT2D eigenvalue weighted by Crippen LogP contribution is -2.38. The Balaban J connectivity index is 1.77. The van der Waals surface area contributed by atoms with Gasteiger partial charge in [0.1, 0.15) is 12.6 Å². The summed E-state index contributed by atoms with van der Waals surface area (Å²) >= 11 is 0. The Labute approximate surface area is 168 Å². The number of nitrogens with zero attached hydrogens (tertiary/aromatic N) is 1. The lowest BCUT2D eigenvalue weighted by molar-refractivity contribution is -0.132. The van der Waals surface area contributed by atoms with Crippen LogP contribution in [0.3, 0.4) is 0 Å². The summed E-state index contributed by atoms with van der Waals surface area (Å²) < 4.78 is 5.23. The normalized spacial score (nSPS) is 21.0. The van der Waals surface area contributed by atoms with Gasteiger partial charge in [-0.25, -0.2) is 9.69 Å². The fourth-order valence-corrected chi connectivity index (χ4v) is 4.07. The maximum Gasteiger partial charge on any atom is 0.417 e. The number of rotatable bonds is 7. The van der Waals surface area contributed by atoms with Crippen LogP contribution in [0.4, 0.5) is 4.79 Å². The summed E-state index contributed by atoms with van der Waals surface area (Å²) in [5.74, 6) is 0.0618. The molecule has 2 aliphatic rings. The minimum absolute atomic E-state index is 0.172. The van der Waals surface area contributed by atoms with Crippen LogP contribution in [0, 0.1) is 11.8 Å². The Morgan fingerprint density at radius 1 is 1.25 bits per heavy atom. The third-order valence-corrected chi connectivity index (χ3v) is 5.76. The molecule has 1 heterocycles. The zero-order valence-electron chi connectivity index (χ0n) is 16.8. The fourth-order valence-electron chi connectivity index (χ4n) is 4.07. The number of benzene rings is 1. The fraction of sp³-hybridized carbons (Fsp3) is 0.542. The first-order valence-corrected chi connectivity index (χ1v) is 10.7. The van der Waals surface area contributed by atoms with E-state index in [2.05, 4.69) is 18.7 Å². The van der Waals surface area contributed by atoms with Gasteiger partial charge in [-0.3, -0.25) is 4.79 Å². The molecule has 0 unspecified atom stereocenters. The van der Waals surface area contributed by atoms with Gasteiger partial charge in [-0.15, -0.1) is 5.73 Å². The van der Waals surface area contributed by atoms with Gasteiger partial charge in [0.05, 0.1) is 5.92 Å². The van der Waals surface area contributed by atoms with Crippen LogP contribution in [0.5, 0.6) is 0 Å². The standard InChI is InChI=1S/C24H31NO3/c1-2-3-14-21(17-10-13-19-11-6-4-7-12-19)23(26)25-22(18-28-24(25)27)20-15-8-5-9-16-20/h5,8-9,13,15-17,19,21-22H,2-4,6-7,11-12,14,18H2,1H3/t10?,21-,22-/m0/s1. The van der Waals surface area contributed by atoms with Gasteiger partial charge in [0.25, 0.3) is 0 Å². The van der Waals surface area contributed by atoms with E-state index < -0.39 is 6.09 Å². The molecule has 2 amide bonds. The molecule has 28 heavy (non-hydrogen) atoms. The lowest BCUT2D eigenvalue weighted by Gasteiger charge is -2.23. The highest BCUT2D eigenvalue weighted by molar-refractivity contribution is 5.95. The summed E-state index contributed by atoms with van der Waals surface area (Å²) in [5.41, 5.74) is 4.22. The number of hydrogen-bond acceptors (Lipinski definition) is 3. The van der Waals surface area contributed by atoms with Gasteiger partial charge >= 0.3 is 6.09 Å². The van der Waals surface area contributed by atoms with Crippen LogP contribution in [-0.2, 0) is 9.53 Å². The SMILES string of the molecule is CCCC[C@@H](C=C=CC1CCCCC1)C(=O)N1C(=O)OC[C@H]1c1ccccc1. The number of cyclic esters (lactones) is 1. The highest BCUT2D eigenvalue weighted by Crippen LogP contribution is 2.30. The van der Waals surface area contributed by atoms with Crippen LogP contribution in [0.1, 0.15) is 69.9 Å². The van der Waals surface area contributed by atoms with E-state index in [0.717, 1.165) is 24.8 Å². The van der Waals surface area contributed by atoms with E-state index in [9.17, 15) is 9.59 Å². The molecule has 1 aliphatic heterocycles. The van der Waals surface area contributed by atoms with Gasteiger partial charge in [-0.05, 0) is 42.9 Å². The smallest absolute Gasteiger partial charge is 0.417 e. The van der Waals surface area contributed by atoms with Gasteiger partial charge in [-0.2, -0.15) is 0 Å². The lowest BCUT2D eigenvalue weighted by atomic mass is 9.89. The molecule has 1 aromatic rings. The monoisotopic (exact) mass is 381 g/mol. The summed E-state index contributed by atoms with van der Waals surface area (Å²) in [6.45, 7) is 2.33. The van der Waals surface area contributed by atoms with Crippen LogP contribution in [0.2, 0.25) is 0 Å². The summed E-state index contributed by atoms with van der Waals surface area (Å²) in [6, 6.07) is 9.29. The maximum atomic E-state index is 13.3. The molecule has 2 atom stereocenters. The molecule has 0 bridgehead atoms. The van der Waals surface area contributed by atoms with Crippen LogP contribution < -0.4 is 0 Å². The van der Waals surface area contributed by atoms with Crippen molar-refractivity contribution in [3.05, 3.63) is 53.8 Å². The second kappa shape index (κ2) is 10.3. The number of ether oxygens (including phenoxy) is 1. The van der Waals surface area contributed by atoms with Crippen molar-refractivity contribution in [1.29, 1.82) is 0 Å². The van der Waals surface area contributed by atoms with Crippen molar-refractivity contribution in [1.82, 2.24) is 4.90 Å². The molecule has 1 saturated carbocycles. The van der Waals surface area contributed by atoms with Crippen molar-refractivity contribution in [3.8, 4) is 0 Å². The number of unbranched alkanes of at least 4 members (excludes halogenated alkanes) is 1. The number of carbonyl (C=O) groups excluding carboxylic acids is 2. The van der Waals surface area contributed by atoms with Gasteiger partial charge < -0.3 is 4.74 Å². The van der Waals surface area contributed by atoms with E-state index in [1.807, 2.05) is 36.4 Å². The van der Waals surface area contributed by atoms with E-state index in [4.69, 9.17) is 4.74 Å². The Kier molecular flexibility index (Phi) is 7.50. The van der Waals surface area contributed by atoms with E-state index in [1.165, 1.54) is 37.0 Å². The average Bonchev–Trinajstić information content (AvgIpc) is 3.13. The van der Waals surface area contributed by atoms with Crippen LogP contribution in [0.15, 0.2) is 48.2 Å². The van der Waals surface area contributed by atoms with Crippen molar-refractivity contribution < 1.29 is 14.3 Å². The van der Waals surface area contributed by atoms with Gasteiger partial charge in [-0.1, -0.05) is 69.4 Å². The minimum atomic E-state index is -0.537. The molecule has 1 saturated heterocycles. The van der Waals surface area contributed by atoms with Crippen LogP contribution >= 0.6 is 0 Å². The zero-order valence-corrected chi connectivity index (χ0v) is 16.8. The summed E-state index contributed by atoms with van der Waals surface area (Å²) in [4.78, 5) is 26.9. The zero-order chi connectivity index (χ0) is 19.8. The second-order valence-corrected chi connectivity index (χ2v) is 7.86. The molecule has 0 spiro atoms. The third kappa shape index (κ3) is 5.14. The van der Waals surface area contributed by atoms with Gasteiger partial charge in [0, 0.05) is 0 Å². The quantitative estimate of drug-likeness (QED) is 0.560. The molecule has 3 rings (SSSR count). The Morgan fingerprint density at radius 3 is 2.71 bits per heavy atom. The minimum Gasteiger partial charge on any atom is -0.446 e. The molecular weight excluding hydrogens is 350 g/mol. The first-order valence-electron chi connectivity index (χ1n) is 10.7. The maximum absolute atomic E-state index is 13.3. The molecule has 1 aliphatic carbocycles. The van der Waals surface area contributed by atoms with E-state index in [1.54, 1.807) is 0 Å². The molecular formula is C24H31NO3. The van der Waals surface area contributed by atoms with Crippen LogP contribution in [0.25, 0.3) is 0 Å². The van der Waals surface area contributed by atoms with Crippen molar-refractivity contribution in [2.75, 3.05) is 6.61 Å². The summed E-state index contributed by atoms with van der Waals surface area (Å²) in [5, 5.41) is 0. The van der Waals surface area contributed by atoms with E-state index in [-0.39, 0.29) is 24.5 Å². The Hall–Kier alpha value is -2.32. The van der Waals surface area contributed by atoms with Crippen molar-refractivity contribution in [3.63, 3.8) is 0 Å². The van der Waals surface area contributed by atoms with Crippen LogP contribution in [-0.4, -0.2) is 23.5 Å². The van der Waals surface area contributed by atoms with Crippen molar-refractivity contribution in [2.24, 2.45) is 11.8 Å². The molecule has 0 N–H and O–H groups in total. The highest BCUT2D eigenvalue weighted by atomic mass is 16.6. The van der Waals surface area contributed by atoms with Crippen molar-refractivity contribution in [2.45, 2.75) is 64.3 Å². The second-order valence-electron chi connectivity index (χ2n) is 7.86. The molecule has 0 aromatic heterocycles. The average molecular weight is 382 g/mol. The highest BCUT2D eigenvalue weighted by Gasteiger charge is 2.40. The summed E-state index contributed by atoms with van der Waals surface area (Å²) in [7, 11) is 0. The first kappa shape index (κ1) is 20.4. The van der Waals surface area contributed by atoms with Gasteiger partial charge in [0.15, 0.2) is 0 Å². The molecule has 4 heteroatoms. The Morgan fingerprint density at radius 2 is 2.00 bits per heavy atom. The molecule has 0 radical (unpaired) electrons.